The van der Waals surface area contributed by atoms with E-state index in [9.17, 15) is 14.4 Å². The van der Waals surface area contributed by atoms with Gasteiger partial charge in [-0.2, -0.15) is 0 Å². The second-order valence-electron chi connectivity index (χ2n) is 6.71. The fourth-order valence-corrected chi connectivity index (χ4v) is 3.09. The molecule has 0 fully saturated rings. The van der Waals surface area contributed by atoms with E-state index < -0.39 is 17.2 Å². The molecule has 0 spiro atoms. The SMILES string of the molecule is CCCCn1c(=O)[nH]c(=O)c2c1nc(COC(=O)/C=C/c1ccccc1OC)n2C. The summed E-state index contributed by atoms with van der Waals surface area (Å²) in [4.78, 5) is 43.3. The van der Waals surface area contributed by atoms with E-state index in [4.69, 9.17) is 9.47 Å². The number of unbranched alkanes of at least 4 members (excludes halogenated alkanes) is 1. The minimum Gasteiger partial charge on any atom is -0.496 e. The monoisotopic (exact) mass is 412 g/mol. The summed E-state index contributed by atoms with van der Waals surface area (Å²) in [6.07, 6.45) is 4.56. The number of ether oxygens (including phenoxy) is 2. The molecule has 0 amide bonds. The Hall–Kier alpha value is -3.62. The molecule has 30 heavy (non-hydrogen) atoms. The number of H-pyrrole nitrogens is 1. The fraction of sp³-hybridized carbons (Fsp3) is 0.333. The van der Waals surface area contributed by atoms with Gasteiger partial charge in [0, 0.05) is 25.2 Å². The van der Waals surface area contributed by atoms with Crippen LogP contribution in [0.1, 0.15) is 31.2 Å². The largest absolute Gasteiger partial charge is 0.496 e. The van der Waals surface area contributed by atoms with Gasteiger partial charge in [0.2, 0.25) is 0 Å². The third-order valence-corrected chi connectivity index (χ3v) is 4.72. The maximum atomic E-state index is 12.3. The van der Waals surface area contributed by atoms with Crippen LogP contribution in [0.3, 0.4) is 0 Å². The van der Waals surface area contributed by atoms with Gasteiger partial charge in [-0.05, 0) is 18.6 Å². The number of carbonyl (C=O) groups excluding carboxylic acids is 1. The number of aromatic nitrogens is 4. The van der Waals surface area contributed by atoms with Crippen molar-refractivity contribution in [2.24, 2.45) is 7.05 Å². The van der Waals surface area contributed by atoms with E-state index in [-0.39, 0.29) is 17.8 Å². The first kappa shape index (κ1) is 21.1. The summed E-state index contributed by atoms with van der Waals surface area (Å²) >= 11 is 0. The number of para-hydroxylation sites is 1. The molecular weight excluding hydrogens is 388 g/mol. The molecule has 0 aliphatic rings. The van der Waals surface area contributed by atoms with Crippen LogP contribution >= 0.6 is 0 Å². The Morgan fingerprint density at radius 1 is 1.27 bits per heavy atom. The van der Waals surface area contributed by atoms with Crippen LogP contribution in [0.5, 0.6) is 5.75 Å². The molecule has 1 N–H and O–H groups in total. The molecule has 0 bridgehead atoms. The van der Waals surface area contributed by atoms with Crippen LogP contribution < -0.4 is 16.0 Å². The van der Waals surface area contributed by atoms with Crippen molar-refractivity contribution in [1.82, 2.24) is 19.1 Å². The molecule has 0 aliphatic heterocycles. The van der Waals surface area contributed by atoms with Crippen LogP contribution in [-0.2, 0) is 29.7 Å². The van der Waals surface area contributed by atoms with Crippen molar-refractivity contribution in [2.75, 3.05) is 7.11 Å². The Labute approximate surface area is 172 Å². The first-order valence-electron chi connectivity index (χ1n) is 9.62. The normalized spacial score (nSPS) is 11.3. The van der Waals surface area contributed by atoms with Crippen molar-refractivity contribution >= 4 is 23.2 Å². The molecule has 0 radical (unpaired) electrons. The molecule has 2 aromatic heterocycles. The molecule has 2 heterocycles. The Morgan fingerprint density at radius 2 is 2.03 bits per heavy atom. The van der Waals surface area contributed by atoms with Gasteiger partial charge in [0.05, 0.1) is 7.11 Å². The topological polar surface area (TPSA) is 108 Å². The zero-order valence-electron chi connectivity index (χ0n) is 17.2. The summed E-state index contributed by atoms with van der Waals surface area (Å²) in [6, 6.07) is 7.28. The first-order valence-corrected chi connectivity index (χ1v) is 9.62. The average Bonchev–Trinajstić information content (AvgIpc) is 3.07. The van der Waals surface area contributed by atoms with Crippen LogP contribution in [0.2, 0.25) is 0 Å². The number of aromatic amines is 1. The lowest BCUT2D eigenvalue weighted by molar-refractivity contribution is -0.139. The van der Waals surface area contributed by atoms with E-state index in [0.717, 1.165) is 18.4 Å². The highest BCUT2D eigenvalue weighted by molar-refractivity contribution is 5.87. The Balaban J connectivity index is 1.81. The molecule has 1 aromatic carbocycles. The molecule has 158 valence electrons. The summed E-state index contributed by atoms with van der Waals surface area (Å²) < 4.78 is 13.5. The lowest BCUT2D eigenvalue weighted by Crippen LogP contribution is -2.31. The minimum atomic E-state index is -0.565. The van der Waals surface area contributed by atoms with E-state index in [2.05, 4.69) is 9.97 Å². The van der Waals surface area contributed by atoms with E-state index in [1.165, 1.54) is 15.2 Å². The number of rotatable bonds is 8. The van der Waals surface area contributed by atoms with Gasteiger partial charge in [-0.25, -0.2) is 14.6 Å². The number of fused-ring (bicyclic) bond motifs is 1. The number of hydrogen-bond acceptors (Lipinski definition) is 6. The van der Waals surface area contributed by atoms with Crippen LogP contribution in [0, 0.1) is 0 Å². The van der Waals surface area contributed by atoms with E-state index in [0.29, 0.717) is 18.1 Å². The van der Waals surface area contributed by atoms with Crippen molar-refractivity contribution in [1.29, 1.82) is 0 Å². The highest BCUT2D eigenvalue weighted by Gasteiger charge is 2.17. The number of esters is 1. The van der Waals surface area contributed by atoms with Crippen molar-refractivity contribution in [3.8, 4) is 5.75 Å². The van der Waals surface area contributed by atoms with E-state index in [1.54, 1.807) is 26.3 Å². The van der Waals surface area contributed by atoms with E-state index >= 15 is 0 Å². The molecule has 3 rings (SSSR count). The third kappa shape index (κ3) is 4.35. The minimum absolute atomic E-state index is 0.137. The number of imidazole rings is 1. The number of methoxy groups -OCH3 is 1. The molecule has 0 saturated carbocycles. The summed E-state index contributed by atoms with van der Waals surface area (Å²) in [5, 5.41) is 0. The molecule has 0 aliphatic carbocycles. The summed E-state index contributed by atoms with van der Waals surface area (Å²) in [5.74, 6) is 0.441. The number of benzene rings is 1. The molecule has 9 heteroatoms. The molecule has 0 saturated heterocycles. The summed E-state index contributed by atoms with van der Waals surface area (Å²) in [5.41, 5.74) is 0.275. The second-order valence-corrected chi connectivity index (χ2v) is 6.71. The zero-order chi connectivity index (χ0) is 21.7. The van der Waals surface area contributed by atoms with Gasteiger partial charge < -0.3 is 14.0 Å². The highest BCUT2D eigenvalue weighted by atomic mass is 16.5. The number of nitrogens with zero attached hydrogens (tertiary/aromatic N) is 3. The quantitative estimate of drug-likeness (QED) is 0.448. The zero-order valence-corrected chi connectivity index (χ0v) is 17.2. The van der Waals surface area contributed by atoms with E-state index in [1.807, 2.05) is 25.1 Å². The van der Waals surface area contributed by atoms with Gasteiger partial charge in [-0.1, -0.05) is 31.5 Å². The van der Waals surface area contributed by atoms with Gasteiger partial charge in [0.15, 0.2) is 11.2 Å². The van der Waals surface area contributed by atoms with Crippen LogP contribution in [-0.4, -0.2) is 32.2 Å². The van der Waals surface area contributed by atoms with Gasteiger partial charge in [-0.15, -0.1) is 0 Å². The molecule has 0 atom stereocenters. The van der Waals surface area contributed by atoms with Crippen molar-refractivity contribution in [2.45, 2.75) is 32.9 Å². The van der Waals surface area contributed by atoms with Crippen molar-refractivity contribution < 1.29 is 14.3 Å². The predicted octanol–water partition coefficient (Wildman–Crippen LogP) is 1.99. The lowest BCUT2D eigenvalue weighted by atomic mass is 10.2. The Kier molecular flexibility index (Phi) is 6.51. The summed E-state index contributed by atoms with van der Waals surface area (Å²) in [7, 11) is 3.20. The number of aryl methyl sites for hydroxylation is 2. The number of carbonyl (C=O) groups is 1. The maximum absolute atomic E-state index is 12.3. The molecule has 0 unspecified atom stereocenters. The highest BCUT2D eigenvalue weighted by Crippen LogP contribution is 2.18. The van der Waals surface area contributed by atoms with Crippen molar-refractivity contribution in [3.05, 3.63) is 62.6 Å². The van der Waals surface area contributed by atoms with Crippen LogP contribution in [0.4, 0.5) is 0 Å². The lowest BCUT2D eigenvalue weighted by Gasteiger charge is -2.04. The number of hydrogen-bond donors (Lipinski definition) is 1. The Morgan fingerprint density at radius 3 is 2.77 bits per heavy atom. The number of nitrogens with one attached hydrogen (secondary N) is 1. The maximum Gasteiger partial charge on any atom is 0.331 e. The average molecular weight is 412 g/mol. The second kappa shape index (κ2) is 9.25. The van der Waals surface area contributed by atoms with Gasteiger partial charge in [-0.3, -0.25) is 14.3 Å². The Bertz CT molecular complexity index is 1200. The predicted molar refractivity (Wildman–Crippen MR) is 112 cm³/mol. The fourth-order valence-electron chi connectivity index (χ4n) is 3.09. The van der Waals surface area contributed by atoms with Gasteiger partial charge in [0.1, 0.15) is 18.2 Å². The molecule has 3 aromatic rings. The summed E-state index contributed by atoms with van der Waals surface area (Å²) in [6.45, 7) is 2.32. The smallest absolute Gasteiger partial charge is 0.331 e. The van der Waals surface area contributed by atoms with Crippen LogP contribution in [0.25, 0.3) is 17.2 Å². The standard InChI is InChI=1S/C21H24N4O5/c1-4-5-12-25-19-18(20(27)23-21(25)28)24(2)16(22-19)13-30-17(26)11-10-14-8-6-7-9-15(14)29-3/h6-11H,4-5,12-13H2,1-3H3,(H,23,27,28)/b11-10+. The van der Waals surface area contributed by atoms with Gasteiger partial charge >= 0.3 is 11.7 Å². The van der Waals surface area contributed by atoms with Crippen molar-refractivity contribution in [3.63, 3.8) is 0 Å². The van der Waals surface area contributed by atoms with Crippen LogP contribution in [0.15, 0.2) is 39.9 Å². The third-order valence-electron chi connectivity index (χ3n) is 4.72. The van der Waals surface area contributed by atoms with Gasteiger partial charge in [0.25, 0.3) is 5.56 Å². The first-order chi connectivity index (χ1) is 14.5. The molecular formula is C21H24N4O5. The molecule has 9 nitrogen and oxygen atoms in total.